The second-order valence-electron chi connectivity index (χ2n) is 12.2. The van der Waals surface area contributed by atoms with Gasteiger partial charge in [0.25, 0.3) is 0 Å². The first-order valence-electron chi connectivity index (χ1n) is 15.9. The lowest BCUT2D eigenvalue weighted by Gasteiger charge is -2.10. The molecular weight excluding hydrogens is 556 g/mol. The molecule has 2 heterocycles. The molecule has 2 aromatic heterocycles. The SMILES string of the molecule is c1ccc(-n2c3ccccc3c3c4ccc(-c5ccc6c(c5)c5c7ccccc7ccc5n6-c5ccccc5)cc4ccc32)cc1. The lowest BCUT2D eigenvalue weighted by molar-refractivity contribution is 1.18. The quantitative estimate of drug-likeness (QED) is 0.195. The first kappa shape index (κ1) is 25.2. The van der Waals surface area contributed by atoms with Crippen LogP contribution < -0.4 is 0 Å². The molecule has 0 atom stereocenters. The highest BCUT2D eigenvalue weighted by molar-refractivity contribution is 6.23. The molecule has 8 aromatic carbocycles. The number of para-hydroxylation sites is 3. The molecule has 0 aliphatic heterocycles. The number of fused-ring (bicyclic) bond motifs is 10. The predicted octanol–water partition coefficient (Wildman–Crippen LogP) is 11.9. The number of hydrogen-bond donors (Lipinski definition) is 0. The van der Waals surface area contributed by atoms with Crippen LogP contribution in [0.15, 0.2) is 170 Å². The van der Waals surface area contributed by atoms with Gasteiger partial charge in [0.15, 0.2) is 0 Å². The zero-order valence-electron chi connectivity index (χ0n) is 25.1. The van der Waals surface area contributed by atoms with Gasteiger partial charge in [-0.3, -0.25) is 0 Å². The van der Waals surface area contributed by atoms with Crippen LogP contribution in [-0.2, 0) is 0 Å². The molecule has 0 fully saturated rings. The minimum absolute atomic E-state index is 1.18. The zero-order chi connectivity index (χ0) is 30.2. The topological polar surface area (TPSA) is 9.86 Å². The van der Waals surface area contributed by atoms with Gasteiger partial charge in [0.2, 0.25) is 0 Å². The van der Waals surface area contributed by atoms with Crippen LogP contribution in [0.4, 0.5) is 0 Å². The first-order valence-corrected chi connectivity index (χ1v) is 15.9. The van der Waals surface area contributed by atoms with Crippen LogP contribution in [0, 0.1) is 0 Å². The van der Waals surface area contributed by atoms with E-state index in [1.807, 2.05) is 0 Å². The van der Waals surface area contributed by atoms with Crippen molar-refractivity contribution in [2.75, 3.05) is 0 Å². The lowest BCUT2D eigenvalue weighted by Crippen LogP contribution is -1.93. The van der Waals surface area contributed by atoms with Crippen LogP contribution in [-0.4, -0.2) is 9.13 Å². The summed E-state index contributed by atoms with van der Waals surface area (Å²) < 4.78 is 4.79. The van der Waals surface area contributed by atoms with Gasteiger partial charge in [-0.1, -0.05) is 109 Å². The standard InChI is InChI=1S/C44H28N2/c1-3-12-33(13-4-1)45-39-18-10-9-17-37(39)43-36-23-19-30(27-32(36)22-26-41(43)45)31-21-24-40-38(28-31)44-35-16-8-7-11-29(35)20-25-42(44)46(40)34-14-5-2-6-15-34/h1-28H. The Hall–Kier alpha value is -6.12. The van der Waals surface area contributed by atoms with Gasteiger partial charge in [-0.15, -0.1) is 0 Å². The third kappa shape index (κ3) is 3.59. The average Bonchev–Trinajstić information content (AvgIpc) is 3.65. The number of benzene rings is 8. The molecule has 10 rings (SSSR count). The van der Waals surface area contributed by atoms with Crippen molar-refractivity contribution in [3.05, 3.63) is 170 Å². The number of aromatic nitrogens is 2. The molecule has 46 heavy (non-hydrogen) atoms. The van der Waals surface area contributed by atoms with Crippen molar-refractivity contribution >= 4 is 65.2 Å². The van der Waals surface area contributed by atoms with E-state index in [1.54, 1.807) is 0 Å². The van der Waals surface area contributed by atoms with Gasteiger partial charge in [-0.05, 0) is 93.3 Å². The second kappa shape index (κ2) is 9.69. The monoisotopic (exact) mass is 584 g/mol. The summed E-state index contributed by atoms with van der Waals surface area (Å²) in [5.41, 5.74) is 9.71. The third-order valence-corrected chi connectivity index (χ3v) is 9.67. The molecule has 0 amide bonds. The van der Waals surface area contributed by atoms with Crippen molar-refractivity contribution in [2.45, 2.75) is 0 Å². The summed E-state index contributed by atoms with van der Waals surface area (Å²) >= 11 is 0. The summed E-state index contributed by atoms with van der Waals surface area (Å²) in [6, 6.07) is 61.9. The predicted molar refractivity (Wildman–Crippen MR) is 196 cm³/mol. The molecule has 0 aliphatic carbocycles. The van der Waals surface area contributed by atoms with E-state index >= 15 is 0 Å². The van der Waals surface area contributed by atoms with Crippen molar-refractivity contribution in [2.24, 2.45) is 0 Å². The summed E-state index contributed by atoms with van der Waals surface area (Å²) in [5, 5.41) is 10.2. The van der Waals surface area contributed by atoms with Crippen molar-refractivity contribution in [3.8, 4) is 22.5 Å². The Morgan fingerprint density at radius 2 is 0.783 bits per heavy atom. The normalized spacial score (nSPS) is 11.9. The van der Waals surface area contributed by atoms with Gasteiger partial charge in [0.05, 0.1) is 22.1 Å². The molecule has 0 aliphatic rings. The van der Waals surface area contributed by atoms with Crippen LogP contribution in [0.1, 0.15) is 0 Å². The zero-order valence-corrected chi connectivity index (χ0v) is 25.1. The summed E-state index contributed by atoms with van der Waals surface area (Å²) in [5.74, 6) is 0. The Morgan fingerprint density at radius 1 is 0.283 bits per heavy atom. The largest absolute Gasteiger partial charge is 0.309 e. The molecule has 0 saturated heterocycles. The maximum atomic E-state index is 2.40. The fourth-order valence-corrected chi connectivity index (χ4v) is 7.66. The van der Waals surface area contributed by atoms with Crippen LogP contribution in [0.2, 0.25) is 0 Å². The lowest BCUT2D eigenvalue weighted by atomic mass is 9.96. The fraction of sp³-hybridized carbons (Fsp3) is 0. The van der Waals surface area contributed by atoms with Gasteiger partial charge in [-0.2, -0.15) is 0 Å². The van der Waals surface area contributed by atoms with Gasteiger partial charge in [0.1, 0.15) is 0 Å². The van der Waals surface area contributed by atoms with E-state index in [9.17, 15) is 0 Å². The van der Waals surface area contributed by atoms with Crippen molar-refractivity contribution < 1.29 is 0 Å². The third-order valence-electron chi connectivity index (χ3n) is 9.67. The molecule has 0 unspecified atom stereocenters. The molecule has 0 spiro atoms. The van der Waals surface area contributed by atoms with Crippen LogP contribution in [0.3, 0.4) is 0 Å². The Kier molecular flexibility index (Phi) is 5.31. The summed E-state index contributed by atoms with van der Waals surface area (Å²) in [6.45, 7) is 0. The van der Waals surface area contributed by atoms with Crippen LogP contribution >= 0.6 is 0 Å². The molecule has 0 radical (unpaired) electrons. The van der Waals surface area contributed by atoms with E-state index in [0.29, 0.717) is 0 Å². The Morgan fingerprint density at radius 3 is 1.52 bits per heavy atom. The summed E-state index contributed by atoms with van der Waals surface area (Å²) in [4.78, 5) is 0. The molecule has 0 N–H and O–H groups in total. The molecular formula is C44H28N2. The minimum Gasteiger partial charge on any atom is -0.309 e. The van der Waals surface area contributed by atoms with Crippen molar-refractivity contribution in [1.29, 1.82) is 0 Å². The van der Waals surface area contributed by atoms with Crippen molar-refractivity contribution in [1.82, 2.24) is 9.13 Å². The maximum Gasteiger partial charge on any atom is 0.0547 e. The second-order valence-corrected chi connectivity index (χ2v) is 12.2. The van der Waals surface area contributed by atoms with Gasteiger partial charge < -0.3 is 9.13 Å². The van der Waals surface area contributed by atoms with Gasteiger partial charge in [-0.25, -0.2) is 0 Å². The molecule has 0 saturated carbocycles. The summed E-state index contributed by atoms with van der Waals surface area (Å²) in [6.07, 6.45) is 0. The van der Waals surface area contributed by atoms with E-state index in [0.717, 1.165) is 0 Å². The number of rotatable bonds is 3. The average molecular weight is 585 g/mol. The fourth-order valence-electron chi connectivity index (χ4n) is 7.66. The molecule has 10 aromatic rings. The van der Waals surface area contributed by atoms with Crippen molar-refractivity contribution in [3.63, 3.8) is 0 Å². The number of nitrogens with zero attached hydrogens (tertiary/aromatic N) is 2. The van der Waals surface area contributed by atoms with Gasteiger partial charge in [0, 0.05) is 32.9 Å². The van der Waals surface area contributed by atoms with E-state index in [1.165, 1.54) is 87.7 Å². The Labute approximate surface area is 266 Å². The Balaban J connectivity index is 1.21. The van der Waals surface area contributed by atoms with Crippen LogP contribution in [0.25, 0.3) is 87.7 Å². The minimum atomic E-state index is 1.18. The highest BCUT2D eigenvalue weighted by atomic mass is 15.0. The Bertz CT molecular complexity index is 2780. The van der Waals surface area contributed by atoms with E-state index in [-0.39, 0.29) is 0 Å². The highest BCUT2D eigenvalue weighted by Gasteiger charge is 2.17. The van der Waals surface area contributed by atoms with E-state index < -0.39 is 0 Å². The molecule has 214 valence electrons. The maximum absolute atomic E-state index is 2.40. The van der Waals surface area contributed by atoms with Gasteiger partial charge >= 0.3 is 0 Å². The summed E-state index contributed by atoms with van der Waals surface area (Å²) in [7, 11) is 0. The van der Waals surface area contributed by atoms with E-state index in [2.05, 4.69) is 179 Å². The van der Waals surface area contributed by atoms with E-state index in [4.69, 9.17) is 0 Å². The molecule has 0 bridgehead atoms. The highest BCUT2D eigenvalue weighted by Crippen LogP contribution is 2.41. The molecule has 2 nitrogen and oxygen atoms in total. The molecule has 2 heteroatoms. The van der Waals surface area contributed by atoms with Crippen LogP contribution in [0.5, 0.6) is 0 Å². The number of hydrogen-bond acceptors (Lipinski definition) is 0. The first-order chi connectivity index (χ1) is 22.8. The smallest absolute Gasteiger partial charge is 0.0547 e.